The zero-order valence-electron chi connectivity index (χ0n) is 15.7. The number of anilines is 1. The molecule has 1 aromatic heterocycles. The van der Waals surface area contributed by atoms with E-state index in [4.69, 9.17) is 4.74 Å². The number of fused-ring (bicyclic) bond motifs is 1. The smallest absolute Gasteiger partial charge is 0.462 e. The molecule has 146 valence electrons. The summed E-state index contributed by atoms with van der Waals surface area (Å²) in [5.41, 5.74) is 0.385. The fourth-order valence-electron chi connectivity index (χ4n) is 3.88. The lowest BCUT2D eigenvalue weighted by Gasteiger charge is -2.37. The lowest BCUT2D eigenvalue weighted by atomic mass is 9.91. The molecule has 1 aliphatic heterocycles. The summed E-state index contributed by atoms with van der Waals surface area (Å²) in [6.07, 6.45) is -3.43. The molecule has 2 heterocycles. The van der Waals surface area contributed by atoms with Crippen LogP contribution < -0.4 is 9.88 Å². The third kappa shape index (κ3) is 4.17. The summed E-state index contributed by atoms with van der Waals surface area (Å²) < 4.78 is 45.2. The van der Waals surface area contributed by atoms with Gasteiger partial charge in [0.05, 0.1) is 23.2 Å². The van der Waals surface area contributed by atoms with Crippen molar-refractivity contribution in [2.75, 3.05) is 24.6 Å². The molecule has 3 rings (SSSR count). The fourth-order valence-corrected chi connectivity index (χ4v) is 3.88. The molecule has 0 saturated carbocycles. The maximum absolute atomic E-state index is 13.4. The summed E-state index contributed by atoms with van der Waals surface area (Å²) >= 11 is 0. The molecule has 0 unspecified atom stereocenters. The van der Waals surface area contributed by atoms with Gasteiger partial charge in [0, 0.05) is 25.2 Å². The van der Waals surface area contributed by atoms with Crippen LogP contribution in [0.5, 0.6) is 0 Å². The van der Waals surface area contributed by atoms with Crippen LogP contribution in [-0.2, 0) is 10.9 Å². The number of nitrogens with one attached hydrogen (secondary N) is 1. The van der Waals surface area contributed by atoms with Gasteiger partial charge in [0.2, 0.25) is 5.52 Å². The first-order valence-electron chi connectivity index (χ1n) is 9.18. The zero-order valence-corrected chi connectivity index (χ0v) is 15.7. The molecule has 4 nitrogen and oxygen atoms in total. The van der Waals surface area contributed by atoms with Crippen molar-refractivity contribution in [1.82, 2.24) is 0 Å². The van der Waals surface area contributed by atoms with E-state index in [0.29, 0.717) is 47.1 Å². The van der Waals surface area contributed by atoms with Gasteiger partial charge in [-0.15, -0.1) is 0 Å². The van der Waals surface area contributed by atoms with Crippen molar-refractivity contribution in [2.24, 2.45) is 11.8 Å². The number of nitrogens with zero attached hydrogens (tertiary/aromatic N) is 1. The monoisotopic (exact) mass is 381 g/mol. The predicted molar refractivity (Wildman–Crippen MR) is 96.6 cm³/mol. The first-order chi connectivity index (χ1) is 12.7. The van der Waals surface area contributed by atoms with Crippen LogP contribution in [0.1, 0.15) is 43.2 Å². The number of ether oxygens (including phenoxy) is 1. The van der Waals surface area contributed by atoms with Crippen LogP contribution in [0.25, 0.3) is 10.9 Å². The van der Waals surface area contributed by atoms with E-state index in [0.717, 1.165) is 12.5 Å². The number of rotatable bonds is 3. The SMILES string of the molecule is CCOC(=O)c1ccc2[nH+]c(C(F)(F)F)cc(N3C[C@H](C)C[C@@H](C)C3)c2c1. The molecule has 0 radical (unpaired) electrons. The number of hydrogen-bond donors (Lipinski definition) is 0. The maximum Gasteiger partial charge on any atom is 0.477 e. The van der Waals surface area contributed by atoms with E-state index in [1.165, 1.54) is 12.1 Å². The van der Waals surface area contributed by atoms with E-state index < -0.39 is 17.8 Å². The van der Waals surface area contributed by atoms with Gasteiger partial charge in [0.15, 0.2) is 0 Å². The number of carbonyl (C=O) groups is 1. The Bertz CT molecular complexity index is 841. The first kappa shape index (κ1) is 19.5. The number of hydrogen-bond acceptors (Lipinski definition) is 3. The molecule has 1 saturated heterocycles. The van der Waals surface area contributed by atoms with Gasteiger partial charge >= 0.3 is 12.1 Å². The predicted octanol–water partition coefficient (Wildman–Crippen LogP) is 4.33. The summed E-state index contributed by atoms with van der Waals surface area (Å²) in [5, 5.41) is 0.592. The summed E-state index contributed by atoms with van der Waals surface area (Å²) in [5.74, 6) is 0.289. The lowest BCUT2D eigenvalue weighted by molar-refractivity contribution is -0.398. The van der Waals surface area contributed by atoms with Crippen LogP contribution >= 0.6 is 0 Å². The lowest BCUT2D eigenvalue weighted by Crippen LogP contribution is -2.39. The van der Waals surface area contributed by atoms with Crippen molar-refractivity contribution in [3.8, 4) is 0 Å². The molecule has 0 amide bonds. The Kier molecular flexibility index (Phi) is 5.31. The van der Waals surface area contributed by atoms with Crippen LogP contribution in [0.4, 0.5) is 18.9 Å². The van der Waals surface area contributed by atoms with Gasteiger partial charge in [0.25, 0.3) is 5.69 Å². The Labute approximate surface area is 156 Å². The maximum atomic E-state index is 13.4. The first-order valence-corrected chi connectivity index (χ1v) is 9.18. The van der Waals surface area contributed by atoms with Gasteiger partial charge in [-0.05, 0) is 37.3 Å². The Morgan fingerprint density at radius 2 is 1.89 bits per heavy atom. The number of esters is 1. The van der Waals surface area contributed by atoms with Gasteiger partial charge in [-0.25, -0.2) is 9.78 Å². The molecule has 1 aromatic carbocycles. The third-order valence-corrected chi connectivity index (χ3v) is 4.87. The summed E-state index contributed by atoms with van der Waals surface area (Å²) in [7, 11) is 0. The van der Waals surface area contributed by atoms with E-state index >= 15 is 0 Å². The van der Waals surface area contributed by atoms with Gasteiger partial charge < -0.3 is 9.64 Å². The number of aromatic amines is 1. The van der Waals surface area contributed by atoms with E-state index in [1.54, 1.807) is 13.0 Å². The number of halogens is 3. The minimum absolute atomic E-state index is 0.240. The molecule has 0 spiro atoms. The number of piperidine rings is 1. The minimum Gasteiger partial charge on any atom is -0.462 e. The van der Waals surface area contributed by atoms with E-state index in [2.05, 4.69) is 18.8 Å². The number of carbonyl (C=O) groups excluding carboxylic acids is 1. The van der Waals surface area contributed by atoms with Crippen LogP contribution in [0.3, 0.4) is 0 Å². The van der Waals surface area contributed by atoms with E-state index in [9.17, 15) is 18.0 Å². The molecule has 27 heavy (non-hydrogen) atoms. The van der Waals surface area contributed by atoms with Crippen molar-refractivity contribution >= 4 is 22.6 Å². The van der Waals surface area contributed by atoms with Gasteiger partial charge in [-0.2, -0.15) is 13.2 Å². The number of benzene rings is 1. The average molecular weight is 381 g/mol. The highest BCUT2D eigenvalue weighted by Gasteiger charge is 2.40. The molecule has 0 bridgehead atoms. The highest BCUT2D eigenvalue weighted by atomic mass is 19.4. The molecular weight excluding hydrogens is 357 g/mol. The molecule has 0 aliphatic carbocycles. The zero-order chi connectivity index (χ0) is 19.8. The second-order valence-corrected chi connectivity index (χ2v) is 7.40. The molecule has 1 fully saturated rings. The normalized spacial score (nSPS) is 20.7. The van der Waals surface area contributed by atoms with Crippen molar-refractivity contribution in [3.05, 3.63) is 35.5 Å². The van der Waals surface area contributed by atoms with E-state index in [-0.39, 0.29) is 6.61 Å². The summed E-state index contributed by atoms with van der Waals surface area (Å²) in [6.45, 7) is 7.53. The number of alkyl halides is 3. The Morgan fingerprint density at radius 1 is 1.22 bits per heavy atom. The fraction of sp³-hybridized carbons (Fsp3) is 0.500. The highest BCUT2D eigenvalue weighted by Crippen LogP contribution is 2.35. The summed E-state index contributed by atoms with van der Waals surface area (Å²) in [6, 6.07) is 5.77. The molecule has 2 aromatic rings. The van der Waals surface area contributed by atoms with Crippen LogP contribution in [0, 0.1) is 11.8 Å². The number of pyridine rings is 1. The molecule has 1 N–H and O–H groups in total. The van der Waals surface area contributed by atoms with Crippen molar-refractivity contribution in [2.45, 2.75) is 33.4 Å². The standard InChI is InChI=1S/C20H23F3N2O2/c1-4-27-19(26)14-5-6-16-15(8-14)17(9-18(24-16)20(21,22)23)25-10-12(2)7-13(3)11-25/h5-6,8-9,12-13H,4,7,10-11H2,1-3H3/p+1/t12-,13-/m1/s1. The van der Waals surface area contributed by atoms with Gasteiger partial charge in [0.1, 0.15) is 0 Å². The van der Waals surface area contributed by atoms with Crippen LogP contribution in [-0.4, -0.2) is 25.7 Å². The average Bonchev–Trinajstić information content (AvgIpc) is 2.58. The minimum atomic E-state index is -4.48. The molecule has 7 heteroatoms. The van der Waals surface area contributed by atoms with E-state index in [1.807, 2.05) is 4.90 Å². The number of aromatic nitrogens is 1. The topological polar surface area (TPSA) is 43.7 Å². The van der Waals surface area contributed by atoms with Gasteiger partial charge in [-0.1, -0.05) is 13.8 Å². The molecule has 2 atom stereocenters. The Balaban J connectivity index is 2.16. The highest BCUT2D eigenvalue weighted by molar-refractivity contribution is 5.98. The molecule has 1 aliphatic rings. The largest absolute Gasteiger partial charge is 0.477 e. The van der Waals surface area contributed by atoms with Crippen molar-refractivity contribution in [3.63, 3.8) is 0 Å². The summed E-state index contributed by atoms with van der Waals surface area (Å²) in [4.78, 5) is 16.5. The van der Waals surface area contributed by atoms with Crippen LogP contribution in [0.2, 0.25) is 0 Å². The third-order valence-electron chi connectivity index (χ3n) is 4.87. The Morgan fingerprint density at radius 3 is 2.48 bits per heavy atom. The van der Waals surface area contributed by atoms with Gasteiger partial charge in [-0.3, -0.25) is 0 Å². The van der Waals surface area contributed by atoms with Crippen molar-refractivity contribution < 1.29 is 27.7 Å². The Hall–Kier alpha value is -2.31. The quantitative estimate of drug-likeness (QED) is 0.744. The van der Waals surface area contributed by atoms with Crippen molar-refractivity contribution in [1.29, 1.82) is 0 Å². The second kappa shape index (κ2) is 7.37. The molecular formula is C20H24F3N2O2+. The second-order valence-electron chi connectivity index (χ2n) is 7.40. The number of H-pyrrole nitrogens is 1. The van der Waals surface area contributed by atoms with Crippen LogP contribution in [0.15, 0.2) is 24.3 Å².